The molecule has 0 N–H and O–H groups in total. The summed E-state index contributed by atoms with van der Waals surface area (Å²) in [5.41, 5.74) is 0. The predicted octanol–water partition coefficient (Wildman–Crippen LogP) is 10.5. The lowest BCUT2D eigenvalue weighted by molar-refractivity contribution is -0.167. The van der Waals surface area contributed by atoms with Crippen LogP contribution < -0.4 is 0 Å². The third-order valence-electron chi connectivity index (χ3n) is 7.46. The van der Waals surface area contributed by atoms with Gasteiger partial charge in [-0.3, -0.25) is 14.4 Å². The quantitative estimate of drug-likeness (QED) is 0.0338. The van der Waals surface area contributed by atoms with Gasteiger partial charge in [0, 0.05) is 19.3 Å². The fourth-order valence-electron chi connectivity index (χ4n) is 4.70. The summed E-state index contributed by atoms with van der Waals surface area (Å²) in [5, 5.41) is 0. The third kappa shape index (κ3) is 31.1. The van der Waals surface area contributed by atoms with Crippen LogP contribution in [0.15, 0.2) is 24.3 Å². The van der Waals surface area contributed by atoms with Gasteiger partial charge in [0.2, 0.25) is 0 Å². The SMILES string of the molecule is CCCCC/C=C\C/C=C/CCCCCCCC(=O)OC(COC(=O)CCCCCCC)COC(=O)CCCCCCC. The van der Waals surface area contributed by atoms with Crippen LogP contribution in [0.1, 0.15) is 175 Å². The van der Waals surface area contributed by atoms with Gasteiger partial charge >= 0.3 is 17.9 Å². The maximum absolute atomic E-state index is 12.5. The normalized spacial score (nSPS) is 11.5. The standard InChI is InChI=1S/C37H66O6/c1-4-7-10-13-14-15-16-17-18-19-20-21-22-25-28-31-37(40)43-34(32-41-35(38)29-26-23-11-8-5-2)33-42-36(39)30-27-24-12-9-6-3/h14-15,17-18,34H,4-13,16,19-33H2,1-3H3/b15-14-,18-17+. The zero-order valence-corrected chi connectivity index (χ0v) is 28.2. The van der Waals surface area contributed by atoms with Gasteiger partial charge in [-0.2, -0.15) is 0 Å². The van der Waals surface area contributed by atoms with Gasteiger partial charge in [0.1, 0.15) is 13.2 Å². The molecule has 43 heavy (non-hydrogen) atoms. The van der Waals surface area contributed by atoms with E-state index in [1.165, 1.54) is 38.5 Å². The first-order valence-corrected chi connectivity index (χ1v) is 17.8. The van der Waals surface area contributed by atoms with Crippen LogP contribution in [0, 0.1) is 0 Å². The zero-order chi connectivity index (χ0) is 31.6. The van der Waals surface area contributed by atoms with Crippen LogP contribution >= 0.6 is 0 Å². The van der Waals surface area contributed by atoms with Crippen LogP contribution in [0.25, 0.3) is 0 Å². The fourth-order valence-corrected chi connectivity index (χ4v) is 4.70. The van der Waals surface area contributed by atoms with E-state index in [4.69, 9.17) is 14.2 Å². The van der Waals surface area contributed by atoms with Crippen LogP contribution in [-0.2, 0) is 28.6 Å². The van der Waals surface area contributed by atoms with Gasteiger partial charge in [-0.05, 0) is 51.4 Å². The molecule has 0 aromatic rings. The molecule has 0 amide bonds. The van der Waals surface area contributed by atoms with E-state index >= 15 is 0 Å². The Bertz CT molecular complexity index is 684. The minimum absolute atomic E-state index is 0.0779. The summed E-state index contributed by atoms with van der Waals surface area (Å²) in [7, 11) is 0. The highest BCUT2D eigenvalue weighted by Crippen LogP contribution is 2.11. The molecule has 0 bridgehead atoms. The van der Waals surface area contributed by atoms with Crippen molar-refractivity contribution in [2.45, 2.75) is 181 Å². The number of carbonyl (C=O) groups is 3. The number of ether oxygens (including phenoxy) is 3. The van der Waals surface area contributed by atoms with Gasteiger partial charge in [-0.15, -0.1) is 0 Å². The Morgan fingerprint density at radius 1 is 0.465 bits per heavy atom. The van der Waals surface area contributed by atoms with E-state index in [1.54, 1.807) is 0 Å². The second kappa shape index (κ2) is 32.8. The van der Waals surface area contributed by atoms with Crippen molar-refractivity contribution in [3.8, 4) is 0 Å². The van der Waals surface area contributed by atoms with Crippen LogP contribution in [-0.4, -0.2) is 37.2 Å². The summed E-state index contributed by atoms with van der Waals surface area (Å²) >= 11 is 0. The van der Waals surface area contributed by atoms with Crippen molar-refractivity contribution in [3.63, 3.8) is 0 Å². The van der Waals surface area contributed by atoms with Crippen molar-refractivity contribution in [3.05, 3.63) is 24.3 Å². The molecule has 250 valence electrons. The van der Waals surface area contributed by atoms with Crippen molar-refractivity contribution in [1.82, 2.24) is 0 Å². The highest BCUT2D eigenvalue weighted by Gasteiger charge is 2.19. The molecule has 6 heteroatoms. The molecule has 0 aliphatic heterocycles. The van der Waals surface area contributed by atoms with Crippen LogP contribution in [0.3, 0.4) is 0 Å². The van der Waals surface area contributed by atoms with Crippen LogP contribution in [0.4, 0.5) is 0 Å². The monoisotopic (exact) mass is 606 g/mol. The van der Waals surface area contributed by atoms with Crippen LogP contribution in [0.2, 0.25) is 0 Å². The van der Waals surface area contributed by atoms with E-state index in [1.807, 2.05) is 0 Å². The van der Waals surface area contributed by atoms with Crippen molar-refractivity contribution < 1.29 is 28.6 Å². The Kier molecular flexibility index (Phi) is 31.2. The molecule has 0 radical (unpaired) electrons. The second-order valence-electron chi connectivity index (χ2n) is 11.8. The summed E-state index contributed by atoms with van der Waals surface area (Å²) in [6, 6.07) is 0. The molecular weight excluding hydrogens is 540 g/mol. The first-order chi connectivity index (χ1) is 21.0. The molecule has 0 atom stereocenters. The number of allylic oxidation sites excluding steroid dienone is 4. The van der Waals surface area contributed by atoms with Gasteiger partial charge in [-0.1, -0.05) is 129 Å². The molecule has 0 fully saturated rings. The van der Waals surface area contributed by atoms with Gasteiger partial charge < -0.3 is 14.2 Å². The summed E-state index contributed by atoms with van der Waals surface area (Å²) in [6.07, 6.45) is 32.2. The Balaban J connectivity index is 4.25. The van der Waals surface area contributed by atoms with Gasteiger partial charge in [0.25, 0.3) is 0 Å². The maximum Gasteiger partial charge on any atom is 0.306 e. The van der Waals surface area contributed by atoms with E-state index in [-0.39, 0.29) is 31.1 Å². The Morgan fingerprint density at radius 3 is 1.33 bits per heavy atom. The molecule has 0 heterocycles. The van der Waals surface area contributed by atoms with Crippen molar-refractivity contribution >= 4 is 17.9 Å². The average Bonchev–Trinajstić information content (AvgIpc) is 3.00. The number of hydrogen-bond donors (Lipinski definition) is 0. The molecule has 0 saturated heterocycles. The molecule has 0 spiro atoms. The Hall–Kier alpha value is -2.11. The second-order valence-corrected chi connectivity index (χ2v) is 11.8. The number of esters is 3. The van der Waals surface area contributed by atoms with E-state index < -0.39 is 6.10 Å². The van der Waals surface area contributed by atoms with E-state index in [9.17, 15) is 14.4 Å². The molecule has 0 aliphatic rings. The highest BCUT2D eigenvalue weighted by molar-refractivity contribution is 5.71. The molecule has 6 nitrogen and oxygen atoms in total. The molecule has 0 aromatic heterocycles. The smallest absolute Gasteiger partial charge is 0.306 e. The number of unbranched alkanes of at least 4 members (excludes halogenated alkanes) is 16. The molecular formula is C37H66O6. The summed E-state index contributed by atoms with van der Waals surface area (Å²) < 4.78 is 16.3. The van der Waals surface area contributed by atoms with Crippen molar-refractivity contribution in [1.29, 1.82) is 0 Å². The topological polar surface area (TPSA) is 78.9 Å². The lowest BCUT2D eigenvalue weighted by Gasteiger charge is -2.18. The van der Waals surface area contributed by atoms with E-state index in [0.717, 1.165) is 96.3 Å². The number of hydrogen-bond acceptors (Lipinski definition) is 6. The van der Waals surface area contributed by atoms with E-state index in [0.29, 0.717) is 19.3 Å². The predicted molar refractivity (Wildman–Crippen MR) is 178 cm³/mol. The molecule has 0 aliphatic carbocycles. The largest absolute Gasteiger partial charge is 0.462 e. The minimum atomic E-state index is -0.765. The van der Waals surface area contributed by atoms with Gasteiger partial charge in [0.15, 0.2) is 6.10 Å². The van der Waals surface area contributed by atoms with Crippen molar-refractivity contribution in [2.75, 3.05) is 13.2 Å². The Morgan fingerprint density at radius 2 is 0.837 bits per heavy atom. The van der Waals surface area contributed by atoms with Gasteiger partial charge in [-0.25, -0.2) is 0 Å². The van der Waals surface area contributed by atoms with Crippen LogP contribution in [0.5, 0.6) is 0 Å². The van der Waals surface area contributed by atoms with Gasteiger partial charge in [0.05, 0.1) is 0 Å². The lowest BCUT2D eigenvalue weighted by Crippen LogP contribution is -2.30. The number of carbonyl (C=O) groups excluding carboxylic acids is 3. The average molecular weight is 607 g/mol. The molecule has 0 aromatic carbocycles. The molecule has 0 rings (SSSR count). The summed E-state index contributed by atoms with van der Waals surface area (Å²) in [4.78, 5) is 36.9. The van der Waals surface area contributed by atoms with Crippen molar-refractivity contribution in [2.24, 2.45) is 0 Å². The first kappa shape index (κ1) is 40.9. The maximum atomic E-state index is 12.5. The number of rotatable bonds is 31. The third-order valence-corrected chi connectivity index (χ3v) is 7.46. The molecule has 0 unspecified atom stereocenters. The Labute approximate surface area is 264 Å². The first-order valence-electron chi connectivity index (χ1n) is 17.8. The van der Waals surface area contributed by atoms with E-state index in [2.05, 4.69) is 45.1 Å². The fraction of sp³-hybridized carbons (Fsp3) is 0.811. The summed E-state index contributed by atoms with van der Waals surface area (Å²) in [5.74, 6) is -0.927. The summed E-state index contributed by atoms with van der Waals surface area (Å²) in [6.45, 7) is 6.39. The lowest BCUT2D eigenvalue weighted by atomic mass is 10.1. The highest BCUT2D eigenvalue weighted by atomic mass is 16.6. The zero-order valence-electron chi connectivity index (χ0n) is 28.2. The molecule has 0 saturated carbocycles. The minimum Gasteiger partial charge on any atom is -0.462 e.